The van der Waals surface area contributed by atoms with Gasteiger partial charge >= 0.3 is 0 Å². The topological polar surface area (TPSA) is 92.0 Å². The van der Waals surface area contributed by atoms with Crippen LogP contribution < -0.4 is 16.6 Å². The Balaban J connectivity index is 2.93. The number of rotatable bonds is 1. The summed E-state index contributed by atoms with van der Waals surface area (Å²) < 4.78 is 0. The molecule has 0 aromatic carbocycles. The van der Waals surface area contributed by atoms with Gasteiger partial charge in [0.25, 0.3) is 0 Å². The summed E-state index contributed by atoms with van der Waals surface area (Å²) in [7, 11) is 1.79. The van der Waals surface area contributed by atoms with Crippen LogP contribution in [0.1, 0.15) is 0 Å². The van der Waals surface area contributed by atoms with Crippen molar-refractivity contribution in [3.63, 3.8) is 0 Å². The first-order chi connectivity index (χ1) is 6.86. The average Bonchev–Trinajstić information content (AvgIpc) is 2.27. The highest BCUT2D eigenvalue weighted by molar-refractivity contribution is 5.87. The lowest BCUT2D eigenvalue weighted by Gasteiger charge is -2.02. The number of H-pyrrole nitrogens is 1. The van der Waals surface area contributed by atoms with Gasteiger partial charge in [0.1, 0.15) is 5.52 Å². The number of pyridine rings is 1. The Morgan fingerprint density at radius 2 is 2.43 bits per heavy atom. The van der Waals surface area contributed by atoms with E-state index in [0.29, 0.717) is 11.0 Å². The van der Waals surface area contributed by atoms with Crippen LogP contribution in [-0.4, -0.2) is 22.2 Å². The van der Waals surface area contributed by atoms with Gasteiger partial charge in [0, 0.05) is 18.6 Å². The number of nitrogens with one attached hydrogen (secondary N) is 2. The largest absolute Gasteiger partial charge is 0.371 e. The van der Waals surface area contributed by atoms with E-state index in [2.05, 4.69) is 25.6 Å². The van der Waals surface area contributed by atoms with Gasteiger partial charge in [0.15, 0.2) is 11.3 Å². The minimum absolute atomic E-state index is 0.472. The van der Waals surface area contributed by atoms with Gasteiger partial charge in [-0.15, -0.1) is 0 Å². The summed E-state index contributed by atoms with van der Waals surface area (Å²) in [5, 5.41) is 14.2. The molecule has 0 radical (unpaired) electrons. The fraction of sp³-hybridized carbons (Fsp3) is 0.125. The van der Waals surface area contributed by atoms with E-state index in [-0.39, 0.29) is 0 Å². The molecule has 0 aliphatic rings. The maximum absolute atomic E-state index is 5.20. The highest BCUT2D eigenvalue weighted by Crippen LogP contribution is 2.13. The van der Waals surface area contributed by atoms with Crippen LogP contribution in [0.25, 0.3) is 10.9 Å². The zero-order valence-electron chi connectivity index (χ0n) is 7.65. The van der Waals surface area contributed by atoms with Crippen molar-refractivity contribution >= 4 is 16.7 Å². The van der Waals surface area contributed by atoms with Crippen LogP contribution in [0.4, 0.5) is 5.82 Å². The van der Waals surface area contributed by atoms with Gasteiger partial charge in [-0.3, -0.25) is 10.1 Å². The lowest BCUT2D eigenvalue weighted by Crippen LogP contribution is -2.16. The molecule has 0 spiro atoms. The molecule has 0 aliphatic carbocycles. The molecule has 2 aromatic heterocycles. The summed E-state index contributed by atoms with van der Waals surface area (Å²) in [6.45, 7) is 0. The maximum atomic E-state index is 5.20. The number of nitrogens with zero attached hydrogens (tertiary/aromatic N) is 3. The highest BCUT2D eigenvalue weighted by Gasteiger charge is 2.02. The van der Waals surface area contributed by atoms with Gasteiger partial charge in [0.05, 0.1) is 0 Å². The van der Waals surface area contributed by atoms with Crippen LogP contribution in [0.15, 0.2) is 23.4 Å². The molecule has 6 nitrogen and oxygen atoms in total. The minimum Gasteiger partial charge on any atom is -0.371 e. The number of anilines is 1. The minimum atomic E-state index is 0.472. The third kappa shape index (κ3) is 1.17. The SMILES string of the molecule is CNc1n[nH]/c(=N\N)c2ncccc12. The fourth-order valence-corrected chi connectivity index (χ4v) is 1.29. The van der Waals surface area contributed by atoms with Gasteiger partial charge in [-0.05, 0) is 12.1 Å². The molecule has 2 heterocycles. The summed E-state index contributed by atoms with van der Waals surface area (Å²) in [6.07, 6.45) is 1.68. The lowest BCUT2D eigenvalue weighted by atomic mass is 10.3. The van der Waals surface area contributed by atoms with Gasteiger partial charge in [-0.1, -0.05) is 0 Å². The summed E-state index contributed by atoms with van der Waals surface area (Å²) >= 11 is 0. The Hall–Kier alpha value is -2.11. The second kappa shape index (κ2) is 3.33. The maximum Gasteiger partial charge on any atom is 0.192 e. The van der Waals surface area contributed by atoms with Crippen LogP contribution in [0.3, 0.4) is 0 Å². The number of fused-ring (bicyclic) bond motifs is 1. The summed E-state index contributed by atoms with van der Waals surface area (Å²) in [5.41, 5.74) is 1.17. The molecule has 0 fully saturated rings. The summed E-state index contributed by atoms with van der Waals surface area (Å²) in [6, 6.07) is 3.74. The molecule has 2 rings (SSSR count). The predicted octanol–water partition coefficient (Wildman–Crippen LogP) is -0.226. The van der Waals surface area contributed by atoms with Crippen molar-refractivity contribution in [2.75, 3.05) is 12.4 Å². The van der Waals surface area contributed by atoms with Crippen molar-refractivity contribution in [3.05, 3.63) is 23.8 Å². The molecule has 0 saturated heterocycles. The Morgan fingerprint density at radius 1 is 1.57 bits per heavy atom. The fourth-order valence-electron chi connectivity index (χ4n) is 1.29. The molecular formula is C8H10N6. The molecule has 0 amide bonds. The van der Waals surface area contributed by atoms with Crippen molar-refractivity contribution in [3.8, 4) is 0 Å². The van der Waals surface area contributed by atoms with Gasteiger partial charge in [-0.2, -0.15) is 10.2 Å². The first kappa shape index (κ1) is 8.49. The molecule has 0 bridgehead atoms. The zero-order chi connectivity index (χ0) is 9.97. The zero-order valence-corrected chi connectivity index (χ0v) is 7.65. The van der Waals surface area contributed by atoms with Gasteiger partial charge in [-0.25, -0.2) is 0 Å². The third-order valence-electron chi connectivity index (χ3n) is 1.93. The van der Waals surface area contributed by atoms with E-state index in [1.54, 1.807) is 13.2 Å². The molecule has 4 N–H and O–H groups in total. The lowest BCUT2D eigenvalue weighted by molar-refractivity contribution is 0.941. The molecule has 6 heteroatoms. The predicted molar refractivity (Wildman–Crippen MR) is 53.2 cm³/mol. The van der Waals surface area contributed by atoms with E-state index < -0.39 is 0 Å². The molecular weight excluding hydrogens is 180 g/mol. The normalized spacial score (nSPS) is 11.9. The van der Waals surface area contributed by atoms with E-state index in [0.717, 1.165) is 11.2 Å². The first-order valence-electron chi connectivity index (χ1n) is 4.12. The van der Waals surface area contributed by atoms with E-state index in [4.69, 9.17) is 5.84 Å². The Morgan fingerprint density at radius 3 is 3.14 bits per heavy atom. The van der Waals surface area contributed by atoms with Gasteiger partial charge in [0.2, 0.25) is 0 Å². The Bertz CT molecular complexity index is 514. The van der Waals surface area contributed by atoms with Crippen LogP contribution in [0.5, 0.6) is 0 Å². The molecule has 14 heavy (non-hydrogen) atoms. The second-order valence-electron chi connectivity index (χ2n) is 2.70. The third-order valence-corrected chi connectivity index (χ3v) is 1.93. The van der Waals surface area contributed by atoms with E-state index in [9.17, 15) is 0 Å². The monoisotopic (exact) mass is 190 g/mol. The number of hydrogen-bond donors (Lipinski definition) is 3. The Kier molecular flexibility index (Phi) is 2.02. The van der Waals surface area contributed by atoms with Crippen LogP contribution in [0.2, 0.25) is 0 Å². The van der Waals surface area contributed by atoms with Crippen LogP contribution in [0, 0.1) is 0 Å². The van der Waals surface area contributed by atoms with Crippen molar-refractivity contribution < 1.29 is 0 Å². The standard InChI is InChI=1S/C8H10N6/c1-10-7-5-3-2-4-11-6(5)8(12-9)14-13-7/h2-4H,9H2,1H3,(H,10,13)(H,12,14). The summed E-state index contributed by atoms with van der Waals surface area (Å²) in [5.74, 6) is 5.92. The molecule has 0 unspecified atom stereocenters. The Labute approximate surface area is 79.9 Å². The van der Waals surface area contributed by atoms with Crippen molar-refractivity contribution in [2.24, 2.45) is 10.9 Å². The number of nitrogens with two attached hydrogens (primary N) is 1. The molecule has 0 saturated carbocycles. The number of aromatic nitrogens is 3. The van der Waals surface area contributed by atoms with Crippen molar-refractivity contribution in [1.29, 1.82) is 0 Å². The molecule has 0 aliphatic heterocycles. The van der Waals surface area contributed by atoms with Crippen LogP contribution in [-0.2, 0) is 0 Å². The summed E-state index contributed by atoms with van der Waals surface area (Å²) in [4.78, 5) is 4.18. The van der Waals surface area contributed by atoms with E-state index >= 15 is 0 Å². The van der Waals surface area contributed by atoms with E-state index in [1.165, 1.54) is 0 Å². The van der Waals surface area contributed by atoms with Gasteiger partial charge < -0.3 is 11.2 Å². The quantitative estimate of drug-likeness (QED) is 0.428. The van der Waals surface area contributed by atoms with Crippen LogP contribution >= 0.6 is 0 Å². The molecule has 0 atom stereocenters. The van der Waals surface area contributed by atoms with Crippen molar-refractivity contribution in [2.45, 2.75) is 0 Å². The van der Waals surface area contributed by atoms with Crippen molar-refractivity contribution in [1.82, 2.24) is 15.2 Å². The molecule has 72 valence electrons. The molecule has 2 aromatic rings. The number of hydrogen-bond acceptors (Lipinski definition) is 5. The number of aromatic amines is 1. The smallest absolute Gasteiger partial charge is 0.192 e. The highest BCUT2D eigenvalue weighted by atomic mass is 15.2. The second-order valence-corrected chi connectivity index (χ2v) is 2.70. The van der Waals surface area contributed by atoms with E-state index in [1.807, 2.05) is 12.1 Å². The average molecular weight is 190 g/mol. The first-order valence-corrected chi connectivity index (χ1v) is 4.12.